The van der Waals surface area contributed by atoms with Gasteiger partial charge < -0.3 is 19.5 Å². The van der Waals surface area contributed by atoms with Crippen molar-refractivity contribution in [3.63, 3.8) is 0 Å². The van der Waals surface area contributed by atoms with Crippen LogP contribution in [-0.2, 0) is 21.2 Å². The summed E-state index contributed by atoms with van der Waals surface area (Å²) in [5, 5.41) is 2.74. The van der Waals surface area contributed by atoms with Crippen LogP contribution < -0.4 is 24.2 Å². The van der Waals surface area contributed by atoms with Crippen LogP contribution in [0, 0.1) is 5.82 Å². The van der Waals surface area contributed by atoms with E-state index in [0.717, 1.165) is 29.8 Å². The van der Waals surface area contributed by atoms with Crippen molar-refractivity contribution in [1.82, 2.24) is 0 Å². The molecule has 0 aliphatic carbocycles. The first-order valence-corrected chi connectivity index (χ1v) is 11.5. The standard InChI is InChI=1S/C23H21FN2O6S/c1-30-20-9-5-17(14-19(20)26-33(28,29)18-6-3-16(24)4-7-18)25-23(27)13-15-2-8-21-22(12-15)32-11-10-31-21/h2-9,12,14,26H,10-11,13H2,1H3,(H,25,27). The lowest BCUT2D eigenvalue weighted by Gasteiger charge is -2.18. The van der Waals surface area contributed by atoms with Crippen LogP contribution in [0.3, 0.4) is 0 Å². The third-order valence-electron chi connectivity index (χ3n) is 4.82. The van der Waals surface area contributed by atoms with E-state index in [1.54, 1.807) is 24.3 Å². The molecular weight excluding hydrogens is 451 g/mol. The number of sulfonamides is 1. The zero-order chi connectivity index (χ0) is 23.4. The minimum absolute atomic E-state index is 0.0826. The number of hydrogen-bond donors (Lipinski definition) is 2. The van der Waals surface area contributed by atoms with E-state index in [-0.39, 0.29) is 28.7 Å². The molecule has 1 aliphatic heterocycles. The average Bonchev–Trinajstić information content (AvgIpc) is 2.79. The number of hydrogen-bond acceptors (Lipinski definition) is 6. The van der Waals surface area contributed by atoms with Gasteiger partial charge in [-0.3, -0.25) is 9.52 Å². The molecule has 1 amide bonds. The third-order valence-corrected chi connectivity index (χ3v) is 6.20. The second-order valence-corrected chi connectivity index (χ2v) is 8.86. The maximum atomic E-state index is 13.1. The quantitative estimate of drug-likeness (QED) is 0.545. The van der Waals surface area contributed by atoms with Crippen LogP contribution in [0.1, 0.15) is 5.56 Å². The first kappa shape index (κ1) is 22.4. The van der Waals surface area contributed by atoms with Gasteiger partial charge in [-0.05, 0) is 60.2 Å². The lowest BCUT2D eigenvalue weighted by molar-refractivity contribution is -0.115. The van der Waals surface area contributed by atoms with E-state index < -0.39 is 15.8 Å². The van der Waals surface area contributed by atoms with Gasteiger partial charge in [-0.15, -0.1) is 0 Å². The molecule has 0 saturated carbocycles. The molecule has 0 fully saturated rings. The normalized spacial score (nSPS) is 12.7. The summed E-state index contributed by atoms with van der Waals surface area (Å²) in [6.07, 6.45) is 0.0826. The molecule has 172 valence electrons. The largest absolute Gasteiger partial charge is 0.495 e. The van der Waals surface area contributed by atoms with Crippen molar-refractivity contribution < 1.29 is 31.8 Å². The Labute approximate surface area is 190 Å². The predicted molar refractivity (Wildman–Crippen MR) is 120 cm³/mol. The molecule has 0 saturated heterocycles. The highest BCUT2D eigenvalue weighted by atomic mass is 32.2. The summed E-state index contributed by atoms with van der Waals surface area (Å²) >= 11 is 0. The number of ether oxygens (including phenoxy) is 3. The molecule has 0 unspecified atom stereocenters. The SMILES string of the molecule is COc1ccc(NC(=O)Cc2ccc3c(c2)OCCO3)cc1NS(=O)(=O)c1ccc(F)cc1. The summed E-state index contributed by atoms with van der Waals surface area (Å²) in [6, 6.07) is 14.3. The number of rotatable bonds is 7. The predicted octanol–water partition coefficient (Wildman–Crippen LogP) is 3.59. The minimum atomic E-state index is -4.00. The van der Waals surface area contributed by atoms with Gasteiger partial charge in [-0.25, -0.2) is 12.8 Å². The lowest BCUT2D eigenvalue weighted by atomic mass is 10.1. The molecule has 1 aliphatic rings. The first-order chi connectivity index (χ1) is 15.8. The lowest BCUT2D eigenvalue weighted by Crippen LogP contribution is -2.17. The van der Waals surface area contributed by atoms with Gasteiger partial charge in [0.1, 0.15) is 24.8 Å². The molecule has 8 nitrogen and oxygen atoms in total. The number of amides is 1. The molecular formula is C23H21FN2O6S. The highest BCUT2D eigenvalue weighted by Crippen LogP contribution is 2.32. The van der Waals surface area contributed by atoms with Crippen molar-refractivity contribution in [2.75, 3.05) is 30.4 Å². The van der Waals surface area contributed by atoms with E-state index in [2.05, 4.69) is 10.0 Å². The van der Waals surface area contributed by atoms with Crippen LogP contribution in [0.5, 0.6) is 17.2 Å². The monoisotopic (exact) mass is 472 g/mol. The van der Waals surface area contributed by atoms with Gasteiger partial charge in [0, 0.05) is 5.69 Å². The van der Waals surface area contributed by atoms with Crippen molar-refractivity contribution in [2.24, 2.45) is 0 Å². The number of carbonyl (C=O) groups is 1. The summed E-state index contributed by atoms with van der Waals surface area (Å²) in [5.41, 5.74) is 1.23. The molecule has 2 N–H and O–H groups in total. The summed E-state index contributed by atoms with van der Waals surface area (Å²) in [6.45, 7) is 0.933. The van der Waals surface area contributed by atoms with E-state index in [4.69, 9.17) is 14.2 Å². The van der Waals surface area contributed by atoms with Gasteiger partial charge in [0.15, 0.2) is 11.5 Å². The molecule has 0 bridgehead atoms. The van der Waals surface area contributed by atoms with Gasteiger partial charge in [0.25, 0.3) is 10.0 Å². The van der Waals surface area contributed by atoms with E-state index >= 15 is 0 Å². The summed E-state index contributed by atoms with van der Waals surface area (Å²) in [7, 11) is -2.61. The van der Waals surface area contributed by atoms with Crippen LogP contribution in [0.4, 0.5) is 15.8 Å². The Kier molecular flexibility index (Phi) is 6.36. The molecule has 1 heterocycles. The highest BCUT2D eigenvalue weighted by molar-refractivity contribution is 7.92. The summed E-state index contributed by atoms with van der Waals surface area (Å²) in [5.74, 6) is 0.635. The van der Waals surface area contributed by atoms with Gasteiger partial charge in [0.2, 0.25) is 5.91 Å². The molecule has 4 rings (SSSR count). The number of halogens is 1. The Morgan fingerprint density at radius 2 is 1.73 bits per heavy atom. The molecule has 0 spiro atoms. The van der Waals surface area contributed by atoms with Crippen LogP contribution in [0.15, 0.2) is 65.6 Å². The van der Waals surface area contributed by atoms with Gasteiger partial charge in [-0.1, -0.05) is 6.07 Å². The molecule has 0 atom stereocenters. The maximum Gasteiger partial charge on any atom is 0.262 e. The molecule has 10 heteroatoms. The Balaban J connectivity index is 1.49. The zero-order valence-electron chi connectivity index (χ0n) is 17.6. The second kappa shape index (κ2) is 9.37. The molecule has 3 aromatic carbocycles. The fourth-order valence-corrected chi connectivity index (χ4v) is 4.33. The number of anilines is 2. The smallest absolute Gasteiger partial charge is 0.262 e. The van der Waals surface area contributed by atoms with Gasteiger partial charge in [0.05, 0.1) is 24.1 Å². The zero-order valence-corrected chi connectivity index (χ0v) is 18.4. The summed E-state index contributed by atoms with van der Waals surface area (Å²) in [4.78, 5) is 12.5. The Morgan fingerprint density at radius 1 is 1.00 bits per heavy atom. The first-order valence-electron chi connectivity index (χ1n) is 9.99. The maximum absolute atomic E-state index is 13.1. The Morgan fingerprint density at radius 3 is 2.45 bits per heavy atom. The molecule has 3 aromatic rings. The summed E-state index contributed by atoms with van der Waals surface area (Å²) < 4.78 is 57.2. The van der Waals surface area contributed by atoms with Gasteiger partial charge >= 0.3 is 0 Å². The number of carbonyl (C=O) groups excluding carboxylic acids is 1. The van der Waals surface area contributed by atoms with Crippen molar-refractivity contribution in [3.05, 3.63) is 72.0 Å². The number of nitrogens with one attached hydrogen (secondary N) is 2. The van der Waals surface area contributed by atoms with E-state index in [0.29, 0.717) is 30.4 Å². The van der Waals surface area contributed by atoms with Crippen LogP contribution in [0.25, 0.3) is 0 Å². The Hall–Kier alpha value is -3.79. The minimum Gasteiger partial charge on any atom is -0.495 e. The van der Waals surface area contributed by atoms with E-state index in [1.165, 1.54) is 19.2 Å². The highest BCUT2D eigenvalue weighted by Gasteiger charge is 2.18. The van der Waals surface area contributed by atoms with E-state index in [1.807, 2.05) is 0 Å². The van der Waals surface area contributed by atoms with Crippen LogP contribution in [0.2, 0.25) is 0 Å². The Bertz CT molecular complexity index is 1280. The molecule has 0 aromatic heterocycles. The fraction of sp³-hybridized carbons (Fsp3) is 0.174. The van der Waals surface area contributed by atoms with Crippen LogP contribution >= 0.6 is 0 Å². The number of fused-ring (bicyclic) bond motifs is 1. The topological polar surface area (TPSA) is 103 Å². The number of benzene rings is 3. The van der Waals surface area contributed by atoms with Crippen molar-refractivity contribution in [1.29, 1.82) is 0 Å². The van der Waals surface area contributed by atoms with Crippen LogP contribution in [-0.4, -0.2) is 34.6 Å². The average molecular weight is 472 g/mol. The van der Waals surface area contributed by atoms with E-state index in [9.17, 15) is 17.6 Å². The number of methoxy groups -OCH3 is 1. The molecule has 33 heavy (non-hydrogen) atoms. The van der Waals surface area contributed by atoms with Gasteiger partial charge in [-0.2, -0.15) is 0 Å². The second-order valence-electron chi connectivity index (χ2n) is 7.18. The fourth-order valence-electron chi connectivity index (χ4n) is 3.27. The van der Waals surface area contributed by atoms with Crippen molar-refractivity contribution >= 4 is 27.3 Å². The molecule has 0 radical (unpaired) electrons. The van der Waals surface area contributed by atoms with Crippen molar-refractivity contribution in [3.8, 4) is 17.2 Å². The van der Waals surface area contributed by atoms with Crippen molar-refractivity contribution in [2.45, 2.75) is 11.3 Å². The third kappa shape index (κ3) is 5.35.